The van der Waals surface area contributed by atoms with Crippen LogP contribution in [-0.2, 0) is 12.4 Å². The Balaban J connectivity index is 2.07. The van der Waals surface area contributed by atoms with E-state index in [2.05, 4.69) is 28.5 Å². The van der Waals surface area contributed by atoms with Gasteiger partial charge in [0.15, 0.2) is 0 Å². The topological polar surface area (TPSA) is 21.1 Å². The van der Waals surface area contributed by atoms with Crippen molar-refractivity contribution < 1.29 is 0 Å². The van der Waals surface area contributed by atoms with Crippen LogP contribution in [0.1, 0.15) is 25.1 Å². The molecule has 0 unspecified atom stereocenters. The zero-order valence-electron chi connectivity index (χ0n) is 11.9. The highest BCUT2D eigenvalue weighted by atomic mass is 35.5. The van der Waals surface area contributed by atoms with Gasteiger partial charge < -0.3 is 9.47 Å². The van der Waals surface area contributed by atoms with Gasteiger partial charge in [-0.05, 0) is 51.6 Å². The Morgan fingerprint density at radius 2 is 2.10 bits per heavy atom. The Kier molecular flexibility index (Phi) is 3.69. The van der Waals surface area contributed by atoms with Crippen molar-refractivity contribution in [2.45, 2.75) is 37.2 Å². The van der Waals surface area contributed by atoms with Crippen molar-refractivity contribution in [2.75, 3.05) is 14.1 Å². The third-order valence-corrected chi connectivity index (χ3v) is 5.07. The predicted molar refractivity (Wildman–Crippen MR) is 84.6 cm³/mol. The van der Waals surface area contributed by atoms with Crippen molar-refractivity contribution in [3.63, 3.8) is 0 Å². The number of hydrogen-bond acceptors (Lipinski definition) is 2. The minimum absolute atomic E-state index is 0.233. The molecule has 20 heavy (non-hydrogen) atoms. The lowest BCUT2D eigenvalue weighted by Gasteiger charge is -2.47. The number of likely N-dealkylation sites (N-methyl/N-ethyl adjacent to an activating group) is 1. The molecule has 0 bridgehead atoms. The zero-order valence-corrected chi connectivity index (χ0v) is 13.4. The fourth-order valence-electron chi connectivity index (χ4n) is 3.05. The quantitative estimate of drug-likeness (QED) is 0.798. The van der Waals surface area contributed by atoms with Crippen molar-refractivity contribution in [3.05, 3.63) is 29.0 Å². The van der Waals surface area contributed by atoms with Gasteiger partial charge in [0, 0.05) is 17.1 Å². The van der Waals surface area contributed by atoms with Crippen LogP contribution in [0.3, 0.4) is 0 Å². The monoisotopic (exact) mass is 311 g/mol. The van der Waals surface area contributed by atoms with Crippen LogP contribution in [0.15, 0.2) is 18.2 Å². The van der Waals surface area contributed by atoms with E-state index in [-0.39, 0.29) is 5.54 Å². The minimum atomic E-state index is 0.233. The number of halogens is 2. The highest BCUT2D eigenvalue weighted by Crippen LogP contribution is 2.39. The van der Waals surface area contributed by atoms with Crippen molar-refractivity contribution in [2.24, 2.45) is 0 Å². The summed E-state index contributed by atoms with van der Waals surface area (Å²) in [6.07, 6.45) is 3.74. The van der Waals surface area contributed by atoms with Crippen molar-refractivity contribution >= 4 is 34.2 Å². The average molecular weight is 312 g/mol. The second-order valence-electron chi connectivity index (χ2n) is 5.85. The zero-order chi connectivity index (χ0) is 14.3. The molecule has 0 atom stereocenters. The van der Waals surface area contributed by atoms with Gasteiger partial charge in [-0.1, -0.05) is 11.6 Å². The van der Waals surface area contributed by atoms with Crippen LogP contribution in [0, 0.1) is 0 Å². The molecule has 5 heteroatoms. The Morgan fingerprint density at radius 3 is 2.65 bits per heavy atom. The highest BCUT2D eigenvalue weighted by Gasteiger charge is 2.40. The Morgan fingerprint density at radius 1 is 1.35 bits per heavy atom. The summed E-state index contributed by atoms with van der Waals surface area (Å²) in [5.41, 5.74) is 2.29. The van der Waals surface area contributed by atoms with E-state index >= 15 is 0 Å². The summed E-state index contributed by atoms with van der Waals surface area (Å²) in [7, 11) is 4.32. The summed E-state index contributed by atoms with van der Waals surface area (Å²) in [4.78, 5) is 6.97. The maximum atomic E-state index is 6.14. The van der Waals surface area contributed by atoms with Crippen molar-refractivity contribution in [1.82, 2.24) is 14.5 Å². The fourth-order valence-corrected chi connectivity index (χ4v) is 3.42. The first-order valence-electron chi connectivity index (χ1n) is 6.94. The fraction of sp³-hybridized carbons (Fsp3) is 0.533. The number of rotatable bonds is 4. The maximum absolute atomic E-state index is 6.14. The second-order valence-corrected chi connectivity index (χ2v) is 6.56. The van der Waals surface area contributed by atoms with E-state index in [9.17, 15) is 0 Å². The molecule has 0 aliphatic heterocycles. The van der Waals surface area contributed by atoms with Crippen LogP contribution in [0.25, 0.3) is 11.0 Å². The van der Waals surface area contributed by atoms with Gasteiger partial charge in [0.05, 0.1) is 16.9 Å². The Labute approximate surface area is 129 Å². The first-order valence-corrected chi connectivity index (χ1v) is 7.85. The lowest BCUT2D eigenvalue weighted by atomic mass is 9.75. The van der Waals surface area contributed by atoms with Crippen LogP contribution in [0.2, 0.25) is 5.02 Å². The molecular formula is C15H19Cl2N3. The molecule has 1 fully saturated rings. The molecule has 1 aliphatic carbocycles. The van der Waals surface area contributed by atoms with Gasteiger partial charge in [0.25, 0.3) is 0 Å². The van der Waals surface area contributed by atoms with E-state index in [1.807, 2.05) is 18.2 Å². The van der Waals surface area contributed by atoms with Crippen molar-refractivity contribution in [1.29, 1.82) is 0 Å². The Bertz CT molecular complexity index is 629. The summed E-state index contributed by atoms with van der Waals surface area (Å²) in [5.74, 6) is 1.35. The van der Waals surface area contributed by atoms with Crippen LogP contribution >= 0.6 is 23.2 Å². The summed E-state index contributed by atoms with van der Waals surface area (Å²) < 4.78 is 2.24. The van der Waals surface area contributed by atoms with E-state index in [1.54, 1.807) is 0 Å². The Hall–Kier alpha value is -0.770. The number of benzene rings is 1. The number of fused-ring (bicyclic) bond motifs is 1. The van der Waals surface area contributed by atoms with Gasteiger partial charge in [-0.25, -0.2) is 4.98 Å². The number of alkyl halides is 1. The number of nitrogens with zero attached hydrogens (tertiary/aromatic N) is 3. The number of imidazole rings is 1. The molecule has 0 amide bonds. The normalized spacial score (nSPS) is 17.6. The molecule has 0 radical (unpaired) electrons. The van der Waals surface area contributed by atoms with E-state index < -0.39 is 0 Å². The highest BCUT2D eigenvalue weighted by molar-refractivity contribution is 6.31. The van der Waals surface area contributed by atoms with Crippen LogP contribution < -0.4 is 0 Å². The maximum Gasteiger partial charge on any atom is 0.124 e. The molecule has 1 saturated carbocycles. The van der Waals surface area contributed by atoms with E-state index in [4.69, 9.17) is 23.2 Å². The third kappa shape index (κ3) is 2.22. The average Bonchev–Trinajstić information content (AvgIpc) is 2.70. The lowest BCUT2D eigenvalue weighted by molar-refractivity contribution is 0.0429. The van der Waals surface area contributed by atoms with Gasteiger partial charge in [-0.2, -0.15) is 0 Å². The van der Waals surface area contributed by atoms with Gasteiger partial charge in [0.1, 0.15) is 5.82 Å². The smallest absolute Gasteiger partial charge is 0.124 e. The molecule has 3 nitrogen and oxygen atoms in total. The van der Waals surface area contributed by atoms with Gasteiger partial charge in [-0.3, -0.25) is 0 Å². The molecule has 0 N–H and O–H groups in total. The van der Waals surface area contributed by atoms with E-state index in [1.165, 1.54) is 19.3 Å². The van der Waals surface area contributed by atoms with Gasteiger partial charge >= 0.3 is 0 Å². The first kappa shape index (κ1) is 14.2. The molecule has 3 rings (SSSR count). The third-order valence-electron chi connectivity index (χ3n) is 4.59. The van der Waals surface area contributed by atoms with Crippen LogP contribution in [-0.4, -0.2) is 34.1 Å². The molecule has 0 spiro atoms. The summed E-state index contributed by atoms with van der Waals surface area (Å²) >= 11 is 12.2. The minimum Gasteiger partial charge on any atom is -0.325 e. The largest absolute Gasteiger partial charge is 0.325 e. The van der Waals surface area contributed by atoms with Gasteiger partial charge in [0.2, 0.25) is 0 Å². The summed E-state index contributed by atoms with van der Waals surface area (Å²) in [6.45, 7) is 0.929. The predicted octanol–water partition coefficient (Wildman–Crippen LogP) is 3.91. The first-order chi connectivity index (χ1) is 9.55. The van der Waals surface area contributed by atoms with Crippen molar-refractivity contribution in [3.8, 4) is 0 Å². The molecule has 1 heterocycles. The number of aromatic nitrogens is 2. The van der Waals surface area contributed by atoms with E-state index in [0.29, 0.717) is 5.88 Å². The lowest BCUT2D eigenvalue weighted by Crippen LogP contribution is -2.53. The standard InChI is InChI=1S/C15H19Cl2N3/c1-19(2)15(6-3-7-15)10-20-13-8-11(17)4-5-12(13)18-14(20)9-16/h4-5,8H,3,6-7,9-10H2,1-2H3. The second kappa shape index (κ2) is 5.21. The molecular weight excluding hydrogens is 293 g/mol. The number of hydrogen-bond donors (Lipinski definition) is 0. The molecule has 108 valence electrons. The summed E-state index contributed by atoms with van der Waals surface area (Å²) in [6, 6.07) is 5.83. The van der Waals surface area contributed by atoms with Crippen LogP contribution in [0.5, 0.6) is 0 Å². The molecule has 2 aromatic rings. The van der Waals surface area contributed by atoms with E-state index in [0.717, 1.165) is 28.4 Å². The molecule has 1 aliphatic rings. The molecule has 0 saturated heterocycles. The SMILES string of the molecule is CN(C)C1(Cn2c(CCl)nc3ccc(Cl)cc32)CCC1. The molecule has 1 aromatic carbocycles. The molecule has 1 aromatic heterocycles. The van der Waals surface area contributed by atoms with Crippen LogP contribution in [0.4, 0.5) is 0 Å². The summed E-state index contributed by atoms with van der Waals surface area (Å²) in [5, 5.41) is 0.743. The van der Waals surface area contributed by atoms with Gasteiger partial charge in [-0.15, -0.1) is 11.6 Å².